The van der Waals surface area contributed by atoms with Gasteiger partial charge in [0.1, 0.15) is 0 Å². The van der Waals surface area contributed by atoms with Crippen LogP contribution in [0.5, 0.6) is 0 Å². The molecule has 0 saturated carbocycles. The van der Waals surface area contributed by atoms with Crippen LogP contribution < -0.4 is 5.73 Å². The van der Waals surface area contributed by atoms with E-state index >= 15 is 0 Å². The van der Waals surface area contributed by atoms with Crippen LogP contribution in [0.25, 0.3) is 11.3 Å². The van der Waals surface area contributed by atoms with Crippen LogP contribution in [0.15, 0.2) is 24.5 Å². The van der Waals surface area contributed by atoms with Crippen molar-refractivity contribution in [2.45, 2.75) is 19.8 Å². The number of aryl methyl sites for hydroxylation is 1. The number of rotatable bonds is 4. The molecule has 0 aromatic carbocycles. The second-order valence-corrected chi connectivity index (χ2v) is 3.88. The summed E-state index contributed by atoms with van der Waals surface area (Å²) in [6, 6.07) is 3.80. The lowest BCUT2D eigenvalue weighted by atomic mass is 10.0. The smallest absolute Gasteiger partial charge is 0.217 e. The number of nitrogens with two attached hydrogens (primary N) is 1. The van der Waals surface area contributed by atoms with E-state index in [-0.39, 0.29) is 5.91 Å². The minimum Gasteiger partial charge on any atom is -0.370 e. The molecule has 5 nitrogen and oxygen atoms in total. The van der Waals surface area contributed by atoms with Gasteiger partial charge in [-0.1, -0.05) is 0 Å². The average Bonchev–Trinajstić information content (AvgIpc) is 2.69. The molecule has 2 aromatic heterocycles. The van der Waals surface area contributed by atoms with Gasteiger partial charge in [0.15, 0.2) is 0 Å². The fourth-order valence-electron chi connectivity index (χ4n) is 1.75. The van der Waals surface area contributed by atoms with Gasteiger partial charge in [-0.3, -0.25) is 14.9 Å². The highest BCUT2D eigenvalue weighted by Crippen LogP contribution is 2.23. The van der Waals surface area contributed by atoms with Crippen molar-refractivity contribution in [3.63, 3.8) is 0 Å². The predicted molar refractivity (Wildman–Crippen MR) is 64.1 cm³/mol. The maximum Gasteiger partial charge on any atom is 0.217 e. The van der Waals surface area contributed by atoms with Crippen molar-refractivity contribution < 1.29 is 4.79 Å². The third-order valence-electron chi connectivity index (χ3n) is 2.63. The molecule has 1 amide bonds. The molecule has 0 aliphatic rings. The minimum atomic E-state index is -0.303. The normalized spacial score (nSPS) is 10.4. The van der Waals surface area contributed by atoms with E-state index in [0.29, 0.717) is 12.8 Å². The van der Waals surface area contributed by atoms with E-state index in [4.69, 9.17) is 5.73 Å². The Balaban J connectivity index is 2.32. The van der Waals surface area contributed by atoms with E-state index in [9.17, 15) is 4.79 Å². The first-order valence-corrected chi connectivity index (χ1v) is 5.41. The Bertz CT molecular complexity index is 519. The zero-order valence-electron chi connectivity index (χ0n) is 9.60. The summed E-state index contributed by atoms with van der Waals surface area (Å²) < 4.78 is 0. The minimum absolute atomic E-state index is 0.303. The number of carbonyl (C=O) groups is 1. The number of nitrogens with one attached hydrogen (secondary N) is 1. The first-order valence-electron chi connectivity index (χ1n) is 5.41. The van der Waals surface area contributed by atoms with Gasteiger partial charge in [-0.2, -0.15) is 5.10 Å². The van der Waals surface area contributed by atoms with Gasteiger partial charge in [0.2, 0.25) is 5.91 Å². The highest BCUT2D eigenvalue weighted by atomic mass is 16.1. The van der Waals surface area contributed by atoms with Crippen LogP contribution in [0.1, 0.15) is 17.7 Å². The molecule has 0 aliphatic carbocycles. The van der Waals surface area contributed by atoms with Crippen LogP contribution >= 0.6 is 0 Å². The van der Waals surface area contributed by atoms with Gasteiger partial charge in [0.25, 0.3) is 0 Å². The summed E-state index contributed by atoms with van der Waals surface area (Å²) in [4.78, 5) is 14.9. The van der Waals surface area contributed by atoms with E-state index < -0.39 is 0 Å². The van der Waals surface area contributed by atoms with Crippen molar-refractivity contribution in [3.8, 4) is 11.3 Å². The van der Waals surface area contributed by atoms with Crippen molar-refractivity contribution in [2.75, 3.05) is 0 Å². The molecule has 88 valence electrons. The summed E-state index contributed by atoms with van der Waals surface area (Å²) in [5, 5.41) is 7.18. The molecule has 2 aromatic rings. The van der Waals surface area contributed by atoms with Crippen LogP contribution in [-0.2, 0) is 11.2 Å². The predicted octanol–water partition coefficient (Wildman–Crippen LogP) is 1.20. The first-order chi connectivity index (χ1) is 8.18. The first kappa shape index (κ1) is 11.3. The van der Waals surface area contributed by atoms with E-state index in [1.165, 1.54) is 0 Å². The molecule has 3 N–H and O–H groups in total. The lowest BCUT2D eigenvalue weighted by molar-refractivity contribution is -0.117. The molecular weight excluding hydrogens is 216 g/mol. The van der Waals surface area contributed by atoms with E-state index in [1.807, 2.05) is 19.1 Å². The number of aromatic amines is 1. The van der Waals surface area contributed by atoms with E-state index in [2.05, 4.69) is 15.2 Å². The molecular formula is C12H14N4O. The summed E-state index contributed by atoms with van der Waals surface area (Å²) in [6.45, 7) is 1.93. The van der Waals surface area contributed by atoms with Crippen molar-refractivity contribution in [3.05, 3.63) is 35.8 Å². The van der Waals surface area contributed by atoms with Crippen molar-refractivity contribution in [2.24, 2.45) is 5.73 Å². The van der Waals surface area contributed by atoms with Gasteiger partial charge >= 0.3 is 0 Å². The summed E-state index contributed by atoms with van der Waals surface area (Å²) in [5.74, 6) is -0.303. The number of nitrogens with zero attached hydrogens (tertiary/aromatic N) is 2. The highest BCUT2D eigenvalue weighted by molar-refractivity contribution is 5.74. The van der Waals surface area contributed by atoms with Gasteiger partial charge in [0, 0.05) is 35.6 Å². The molecule has 0 fully saturated rings. The topological polar surface area (TPSA) is 84.7 Å². The number of hydrogen-bond donors (Lipinski definition) is 2. The third-order valence-corrected chi connectivity index (χ3v) is 2.63. The van der Waals surface area contributed by atoms with Crippen molar-refractivity contribution >= 4 is 5.91 Å². The van der Waals surface area contributed by atoms with E-state index in [0.717, 1.165) is 22.5 Å². The summed E-state index contributed by atoms with van der Waals surface area (Å²) in [6.07, 6.45) is 4.39. The molecule has 0 radical (unpaired) electrons. The molecule has 2 heterocycles. The zero-order valence-corrected chi connectivity index (χ0v) is 9.60. The molecule has 0 aliphatic heterocycles. The number of pyridine rings is 1. The molecule has 0 spiro atoms. The Morgan fingerprint density at radius 1 is 1.53 bits per heavy atom. The second-order valence-electron chi connectivity index (χ2n) is 3.88. The average molecular weight is 230 g/mol. The van der Waals surface area contributed by atoms with Crippen LogP contribution in [0, 0.1) is 6.92 Å². The number of hydrogen-bond acceptors (Lipinski definition) is 3. The number of primary amides is 1. The number of amides is 1. The molecule has 0 atom stereocenters. The molecule has 0 bridgehead atoms. The monoisotopic (exact) mass is 230 g/mol. The number of aromatic nitrogens is 3. The van der Waals surface area contributed by atoms with Gasteiger partial charge in [-0.15, -0.1) is 0 Å². The van der Waals surface area contributed by atoms with Crippen LogP contribution in [0.2, 0.25) is 0 Å². The fourth-order valence-corrected chi connectivity index (χ4v) is 1.75. The number of carbonyl (C=O) groups excluding carboxylic acids is 1. The maximum absolute atomic E-state index is 10.8. The Kier molecular flexibility index (Phi) is 3.18. The molecule has 0 saturated heterocycles. The van der Waals surface area contributed by atoms with Gasteiger partial charge < -0.3 is 5.73 Å². The van der Waals surface area contributed by atoms with Crippen LogP contribution in [0.3, 0.4) is 0 Å². The Hall–Kier alpha value is -2.17. The standard InChI is InChI=1S/C12H14N4O/c1-8-10(4-5-11(13)17)12(16-15-8)9-3-2-6-14-7-9/h2-3,6-7H,4-5H2,1H3,(H2,13,17)(H,15,16). The van der Waals surface area contributed by atoms with Crippen LogP contribution in [-0.4, -0.2) is 21.1 Å². The lowest BCUT2D eigenvalue weighted by Crippen LogP contribution is -2.11. The maximum atomic E-state index is 10.8. The second kappa shape index (κ2) is 4.78. The molecule has 2 rings (SSSR count). The van der Waals surface area contributed by atoms with Gasteiger partial charge in [-0.05, 0) is 25.5 Å². The molecule has 5 heteroatoms. The molecule has 0 unspecified atom stereocenters. The zero-order chi connectivity index (χ0) is 12.3. The Labute approximate surface area is 99.1 Å². The van der Waals surface area contributed by atoms with Crippen LogP contribution in [0.4, 0.5) is 0 Å². The number of H-pyrrole nitrogens is 1. The van der Waals surface area contributed by atoms with Crippen molar-refractivity contribution in [1.29, 1.82) is 0 Å². The van der Waals surface area contributed by atoms with Gasteiger partial charge in [0.05, 0.1) is 5.69 Å². The Morgan fingerprint density at radius 3 is 3.00 bits per heavy atom. The van der Waals surface area contributed by atoms with Crippen molar-refractivity contribution in [1.82, 2.24) is 15.2 Å². The SMILES string of the molecule is Cc1[nH]nc(-c2cccnc2)c1CCC(N)=O. The quantitative estimate of drug-likeness (QED) is 0.827. The fraction of sp³-hybridized carbons (Fsp3) is 0.250. The summed E-state index contributed by atoms with van der Waals surface area (Å²) in [5.41, 5.74) is 8.94. The summed E-state index contributed by atoms with van der Waals surface area (Å²) >= 11 is 0. The third kappa shape index (κ3) is 2.50. The lowest BCUT2D eigenvalue weighted by Gasteiger charge is -2.02. The molecule has 17 heavy (non-hydrogen) atoms. The Morgan fingerprint density at radius 2 is 2.35 bits per heavy atom. The highest BCUT2D eigenvalue weighted by Gasteiger charge is 2.12. The van der Waals surface area contributed by atoms with E-state index in [1.54, 1.807) is 12.4 Å². The van der Waals surface area contributed by atoms with Gasteiger partial charge in [-0.25, -0.2) is 0 Å². The largest absolute Gasteiger partial charge is 0.370 e. The summed E-state index contributed by atoms with van der Waals surface area (Å²) in [7, 11) is 0.